The number of amides is 1. The first kappa shape index (κ1) is 18.2. The molecule has 3 rings (SSSR count). The lowest BCUT2D eigenvalue weighted by Crippen LogP contribution is -2.37. The fraction of sp³-hybridized carbons (Fsp3) is 0.350. The van der Waals surface area contributed by atoms with Gasteiger partial charge in [-0.2, -0.15) is 0 Å². The molecule has 1 fully saturated rings. The van der Waals surface area contributed by atoms with Gasteiger partial charge in [-0.05, 0) is 49.2 Å². The Kier molecular flexibility index (Phi) is 6.35. The van der Waals surface area contributed by atoms with Crippen molar-refractivity contribution in [2.45, 2.75) is 25.3 Å². The normalized spacial score (nSPS) is 15.9. The van der Waals surface area contributed by atoms with Crippen LogP contribution in [0.3, 0.4) is 0 Å². The number of hydrogen-bond donors (Lipinski definition) is 1. The van der Waals surface area contributed by atoms with Crippen molar-refractivity contribution in [2.24, 2.45) is 0 Å². The number of rotatable bonds is 6. The second kappa shape index (κ2) is 8.70. The molecule has 1 heterocycles. The molecular formula is C20H22Cl2N2O. The van der Waals surface area contributed by atoms with Crippen LogP contribution in [0.2, 0.25) is 10.0 Å². The van der Waals surface area contributed by atoms with Gasteiger partial charge in [-0.25, -0.2) is 0 Å². The second-order valence-corrected chi connectivity index (χ2v) is 7.17. The minimum absolute atomic E-state index is 0.0601. The Morgan fingerprint density at radius 2 is 1.64 bits per heavy atom. The van der Waals surface area contributed by atoms with E-state index >= 15 is 0 Å². The van der Waals surface area contributed by atoms with Gasteiger partial charge >= 0.3 is 0 Å². The lowest BCUT2D eigenvalue weighted by molar-refractivity contribution is -0.120. The average Bonchev–Trinajstić information content (AvgIpc) is 3.14. The quantitative estimate of drug-likeness (QED) is 0.805. The Hall–Kier alpha value is -1.55. The number of halogens is 2. The minimum Gasteiger partial charge on any atom is -0.354 e. The number of carbonyl (C=O) groups excluding carboxylic acids is 1. The van der Waals surface area contributed by atoms with Crippen molar-refractivity contribution in [3.05, 3.63) is 69.7 Å². The minimum atomic E-state index is -0.0601. The van der Waals surface area contributed by atoms with Crippen LogP contribution in [-0.2, 0) is 11.2 Å². The topological polar surface area (TPSA) is 32.3 Å². The first-order chi connectivity index (χ1) is 12.1. The molecule has 1 aliphatic heterocycles. The Morgan fingerprint density at radius 3 is 2.28 bits per heavy atom. The summed E-state index contributed by atoms with van der Waals surface area (Å²) in [5, 5.41) is 4.12. The van der Waals surface area contributed by atoms with E-state index in [2.05, 4.69) is 22.3 Å². The number of likely N-dealkylation sites (tertiary alicyclic amines) is 1. The molecular weight excluding hydrogens is 355 g/mol. The second-order valence-electron chi connectivity index (χ2n) is 6.35. The van der Waals surface area contributed by atoms with Crippen LogP contribution in [0.25, 0.3) is 0 Å². The molecule has 0 spiro atoms. The maximum absolute atomic E-state index is 12.4. The molecule has 0 aromatic heterocycles. The van der Waals surface area contributed by atoms with Crippen molar-refractivity contribution in [1.82, 2.24) is 10.2 Å². The number of nitrogens with zero attached hydrogens (tertiary/aromatic N) is 1. The van der Waals surface area contributed by atoms with Gasteiger partial charge < -0.3 is 5.32 Å². The third-order valence-electron chi connectivity index (χ3n) is 4.66. The predicted octanol–water partition coefficient (Wildman–Crippen LogP) is 4.49. The molecule has 1 amide bonds. The van der Waals surface area contributed by atoms with E-state index in [1.54, 1.807) is 18.2 Å². The molecule has 0 saturated carbocycles. The summed E-state index contributed by atoms with van der Waals surface area (Å²) < 4.78 is 0. The molecule has 3 nitrogen and oxygen atoms in total. The van der Waals surface area contributed by atoms with Gasteiger partial charge in [0.2, 0.25) is 5.91 Å². The molecule has 1 N–H and O–H groups in total. The van der Waals surface area contributed by atoms with Crippen molar-refractivity contribution in [3.8, 4) is 0 Å². The Bertz CT molecular complexity index is 695. The van der Waals surface area contributed by atoms with Crippen molar-refractivity contribution < 1.29 is 4.79 Å². The van der Waals surface area contributed by atoms with E-state index in [-0.39, 0.29) is 18.4 Å². The van der Waals surface area contributed by atoms with Gasteiger partial charge in [0.1, 0.15) is 0 Å². The monoisotopic (exact) mass is 376 g/mol. The van der Waals surface area contributed by atoms with Crippen molar-refractivity contribution in [2.75, 3.05) is 19.6 Å². The largest absolute Gasteiger partial charge is 0.354 e. The SMILES string of the molecule is O=C(Cc1c(Cl)cccc1Cl)NC[C@@H](c1ccccc1)N1CCCC1. The molecule has 25 heavy (non-hydrogen) atoms. The van der Waals surface area contributed by atoms with E-state index in [9.17, 15) is 4.79 Å². The highest BCUT2D eigenvalue weighted by Gasteiger charge is 2.24. The van der Waals surface area contributed by atoms with Crippen molar-refractivity contribution in [3.63, 3.8) is 0 Å². The first-order valence-corrected chi connectivity index (χ1v) is 9.39. The third-order valence-corrected chi connectivity index (χ3v) is 5.37. The summed E-state index contributed by atoms with van der Waals surface area (Å²) in [4.78, 5) is 14.9. The zero-order valence-corrected chi connectivity index (χ0v) is 15.6. The van der Waals surface area contributed by atoms with Crippen LogP contribution in [0.5, 0.6) is 0 Å². The molecule has 0 unspecified atom stereocenters. The van der Waals surface area contributed by atoms with E-state index in [1.165, 1.54) is 18.4 Å². The first-order valence-electron chi connectivity index (χ1n) is 8.64. The smallest absolute Gasteiger partial charge is 0.224 e. The fourth-order valence-electron chi connectivity index (χ4n) is 3.32. The third kappa shape index (κ3) is 4.75. The van der Waals surface area contributed by atoms with E-state index in [1.807, 2.05) is 18.2 Å². The van der Waals surface area contributed by atoms with Gasteiger partial charge in [-0.15, -0.1) is 0 Å². The van der Waals surface area contributed by atoms with Crippen LogP contribution in [0.15, 0.2) is 48.5 Å². The van der Waals surface area contributed by atoms with Crippen LogP contribution in [-0.4, -0.2) is 30.4 Å². The predicted molar refractivity (Wildman–Crippen MR) is 103 cm³/mol. The molecule has 0 radical (unpaired) electrons. The number of benzene rings is 2. The average molecular weight is 377 g/mol. The Balaban J connectivity index is 1.65. The standard InChI is InChI=1S/C20H22Cl2N2O/c21-17-9-6-10-18(22)16(17)13-20(25)23-14-19(24-11-4-5-12-24)15-7-2-1-3-8-15/h1-3,6-10,19H,4-5,11-14H2,(H,23,25)/t19-/m0/s1. The summed E-state index contributed by atoms with van der Waals surface area (Å²) in [6.45, 7) is 2.74. The maximum Gasteiger partial charge on any atom is 0.224 e. The summed E-state index contributed by atoms with van der Waals surface area (Å²) in [5.74, 6) is -0.0601. The van der Waals surface area contributed by atoms with Crippen LogP contribution >= 0.6 is 23.2 Å². The summed E-state index contributed by atoms with van der Waals surface area (Å²) in [6, 6.07) is 15.9. The highest BCUT2D eigenvalue weighted by Crippen LogP contribution is 2.26. The van der Waals surface area contributed by atoms with E-state index in [4.69, 9.17) is 23.2 Å². The molecule has 1 atom stereocenters. The summed E-state index contributed by atoms with van der Waals surface area (Å²) in [6.07, 6.45) is 2.62. The Morgan fingerprint density at radius 1 is 1.00 bits per heavy atom. The number of hydrogen-bond acceptors (Lipinski definition) is 2. The lowest BCUT2D eigenvalue weighted by Gasteiger charge is -2.28. The van der Waals surface area contributed by atoms with E-state index in [0.29, 0.717) is 22.2 Å². The summed E-state index contributed by atoms with van der Waals surface area (Å²) in [5.41, 5.74) is 1.92. The van der Waals surface area contributed by atoms with E-state index < -0.39 is 0 Å². The molecule has 5 heteroatoms. The van der Waals surface area contributed by atoms with Gasteiger partial charge in [0, 0.05) is 16.6 Å². The van der Waals surface area contributed by atoms with Gasteiger partial charge in [-0.1, -0.05) is 59.6 Å². The van der Waals surface area contributed by atoms with Gasteiger partial charge in [0.05, 0.1) is 12.5 Å². The van der Waals surface area contributed by atoms with Crippen LogP contribution in [0.4, 0.5) is 0 Å². The summed E-state index contributed by atoms with van der Waals surface area (Å²) >= 11 is 12.3. The summed E-state index contributed by atoms with van der Waals surface area (Å²) in [7, 11) is 0. The van der Waals surface area contributed by atoms with Crippen LogP contribution < -0.4 is 5.32 Å². The molecule has 2 aromatic rings. The van der Waals surface area contributed by atoms with E-state index in [0.717, 1.165) is 13.1 Å². The molecule has 1 saturated heterocycles. The molecule has 0 bridgehead atoms. The zero-order valence-electron chi connectivity index (χ0n) is 14.1. The van der Waals surface area contributed by atoms with Gasteiger partial charge in [0.25, 0.3) is 0 Å². The molecule has 1 aliphatic rings. The van der Waals surface area contributed by atoms with Gasteiger partial charge in [0.15, 0.2) is 0 Å². The fourth-order valence-corrected chi connectivity index (χ4v) is 3.85. The molecule has 132 valence electrons. The number of carbonyl (C=O) groups is 1. The number of nitrogens with one attached hydrogen (secondary N) is 1. The van der Waals surface area contributed by atoms with Gasteiger partial charge in [-0.3, -0.25) is 9.69 Å². The van der Waals surface area contributed by atoms with Crippen LogP contribution in [0.1, 0.15) is 30.0 Å². The highest BCUT2D eigenvalue weighted by molar-refractivity contribution is 6.36. The maximum atomic E-state index is 12.4. The van der Waals surface area contributed by atoms with Crippen molar-refractivity contribution in [1.29, 1.82) is 0 Å². The lowest BCUT2D eigenvalue weighted by atomic mass is 10.1. The highest BCUT2D eigenvalue weighted by atomic mass is 35.5. The van der Waals surface area contributed by atoms with Crippen molar-refractivity contribution >= 4 is 29.1 Å². The zero-order chi connectivity index (χ0) is 17.6. The Labute approximate surface area is 158 Å². The molecule has 2 aromatic carbocycles. The molecule has 0 aliphatic carbocycles. The van der Waals surface area contributed by atoms with Crippen LogP contribution in [0, 0.1) is 0 Å².